The molecule has 1 aliphatic carbocycles. The molecule has 1 aromatic rings. The minimum atomic E-state index is -4.06. The van der Waals surface area contributed by atoms with Crippen LogP contribution in [0.3, 0.4) is 0 Å². The second kappa shape index (κ2) is 6.61. The lowest BCUT2D eigenvalue weighted by Gasteiger charge is -2.32. The number of benzene rings is 1. The van der Waals surface area contributed by atoms with E-state index in [2.05, 4.69) is 17.4 Å². The Bertz CT molecular complexity index is 428. The maximum Gasteiger partial charge on any atom is 0.389 e. The molecule has 0 radical (unpaired) electrons. The first kappa shape index (κ1) is 15.4. The van der Waals surface area contributed by atoms with Crippen molar-refractivity contribution in [2.24, 2.45) is 5.92 Å². The fourth-order valence-electron chi connectivity index (χ4n) is 3.16. The molecule has 0 amide bonds. The number of aryl methyl sites for hydroxylation is 1. The Morgan fingerprint density at radius 3 is 2.60 bits per heavy atom. The average molecular weight is 285 g/mol. The van der Waals surface area contributed by atoms with Crippen molar-refractivity contribution in [2.45, 2.75) is 51.2 Å². The molecular formula is C16H22F3N. The van der Waals surface area contributed by atoms with Gasteiger partial charge in [0.2, 0.25) is 0 Å². The maximum absolute atomic E-state index is 12.4. The first-order chi connectivity index (χ1) is 9.49. The van der Waals surface area contributed by atoms with Crippen LogP contribution in [0.2, 0.25) is 0 Å². The maximum atomic E-state index is 12.4. The summed E-state index contributed by atoms with van der Waals surface area (Å²) in [5.74, 6) is 0.312. The predicted octanol–water partition coefficient (Wildman–Crippen LogP) is 4.11. The molecule has 0 spiro atoms. The van der Waals surface area contributed by atoms with E-state index in [0.29, 0.717) is 5.92 Å². The van der Waals surface area contributed by atoms with Gasteiger partial charge in [-0.05, 0) is 49.3 Å². The highest BCUT2D eigenvalue weighted by Gasteiger charge is 2.31. The van der Waals surface area contributed by atoms with Crippen LogP contribution in [0.5, 0.6) is 0 Å². The van der Waals surface area contributed by atoms with Crippen LogP contribution in [-0.4, -0.2) is 18.8 Å². The molecule has 0 saturated carbocycles. The Balaban J connectivity index is 2.00. The number of fused-ring (bicyclic) bond motifs is 1. The third kappa shape index (κ3) is 4.23. The van der Waals surface area contributed by atoms with Crippen LogP contribution in [0.1, 0.15) is 37.3 Å². The number of hydrogen-bond donors (Lipinski definition) is 1. The summed E-state index contributed by atoms with van der Waals surface area (Å²) < 4.78 is 37.3. The highest BCUT2D eigenvalue weighted by molar-refractivity contribution is 5.30. The van der Waals surface area contributed by atoms with Gasteiger partial charge in [0.1, 0.15) is 0 Å². The number of nitrogens with one attached hydrogen (secondary N) is 1. The first-order valence-corrected chi connectivity index (χ1v) is 7.36. The molecule has 0 saturated heterocycles. The minimum absolute atomic E-state index is 0.0324. The molecule has 0 aromatic heterocycles. The molecule has 0 aliphatic heterocycles. The van der Waals surface area contributed by atoms with Gasteiger partial charge in [-0.2, -0.15) is 13.2 Å². The summed E-state index contributed by atoms with van der Waals surface area (Å²) >= 11 is 0. The lowest BCUT2D eigenvalue weighted by molar-refractivity contribution is -0.137. The smallest absolute Gasteiger partial charge is 0.314 e. The van der Waals surface area contributed by atoms with Gasteiger partial charge < -0.3 is 5.32 Å². The topological polar surface area (TPSA) is 12.0 Å². The van der Waals surface area contributed by atoms with Gasteiger partial charge in [0.25, 0.3) is 0 Å². The molecule has 0 fully saturated rings. The van der Waals surface area contributed by atoms with Crippen molar-refractivity contribution in [2.75, 3.05) is 6.54 Å². The Morgan fingerprint density at radius 2 is 1.95 bits per heavy atom. The van der Waals surface area contributed by atoms with Gasteiger partial charge in [-0.3, -0.25) is 0 Å². The van der Waals surface area contributed by atoms with Gasteiger partial charge in [0, 0.05) is 12.5 Å². The fourth-order valence-corrected chi connectivity index (χ4v) is 3.16. The average Bonchev–Trinajstić information content (AvgIpc) is 2.42. The second-order valence-electron chi connectivity index (χ2n) is 5.59. The molecule has 0 bridgehead atoms. The van der Waals surface area contributed by atoms with Gasteiger partial charge in [0.05, 0.1) is 0 Å². The molecule has 1 N–H and O–H groups in total. The Labute approximate surface area is 118 Å². The van der Waals surface area contributed by atoms with Gasteiger partial charge >= 0.3 is 6.18 Å². The number of hydrogen-bond acceptors (Lipinski definition) is 1. The number of halogens is 3. The zero-order valence-electron chi connectivity index (χ0n) is 11.8. The van der Waals surface area contributed by atoms with Gasteiger partial charge in [0.15, 0.2) is 0 Å². The van der Waals surface area contributed by atoms with Crippen LogP contribution in [-0.2, 0) is 12.8 Å². The molecule has 0 heterocycles. The van der Waals surface area contributed by atoms with Crippen molar-refractivity contribution >= 4 is 0 Å². The molecule has 4 heteroatoms. The van der Waals surface area contributed by atoms with Gasteiger partial charge in [-0.25, -0.2) is 0 Å². The van der Waals surface area contributed by atoms with Crippen molar-refractivity contribution in [3.8, 4) is 0 Å². The second-order valence-corrected chi connectivity index (χ2v) is 5.59. The normalized spacial score (nSPS) is 20.5. The zero-order valence-corrected chi connectivity index (χ0v) is 11.8. The van der Waals surface area contributed by atoms with E-state index >= 15 is 0 Å². The van der Waals surface area contributed by atoms with E-state index in [0.717, 1.165) is 25.8 Å². The van der Waals surface area contributed by atoms with E-state index in [1.54, 1.807) is 0 Å². The van der Waals surface area contributed by atoms with E-state index in [4.69, 9.17) is 0 Å². The van der Waals surface area contributed by atoms with Crippen molar-refractivity contribution in [3.05, 3.63) is 35.4 Å². The lowest BCUT2D eigenvalue weighted by atomic mass is 9.79. The molecule has 2 rings (SSSR count). The highest BCUT2D eigenvalue weighted by atomic mass is 19.4. The molecule has 2 unspecified atom stereocenters. The van der Waals surface area contributed by atoms with Crippen molar-refractivity contribution in [1.29, 1.82) is 0 Å². The third-order valence-electron chi connectivity index (χ3n) is 4.16. The Morgan fingerprint density at radius 1 is 1.25 bits per heavy atom. The van der Waals surface area contributed by atoms with Gasteiger partial charge in [-0.15, -0.1) is 0 Å². The van der Waals surface area contributed by atoms with E-state index < -0.39 is 12.6 Å². The zero-order chi connectivity index (χ0) is 14.6. The summed E-state index contributed by atoms with van der Waals surface area (Å²) in [6.45, 7) is 2.68. The summed E-state index contributed by atoms with van der Waals surface area (Å²) in [6, 6.07) is 8.25. The molecule has 20 heavy (non-hydrogen) atoms. The minimum Gasteiger partial charge on any atom is -0.314 e. The van der Waals surface area contributed by atoms with Crippen LogP contribution in [0.4, 0.5) is 13.2 Å². The first-order valence-electron chi connectivity index (χ1n) is 7.36. The standard InChI is InChI=1S/C16H22F3N/c1-2-20-15(9-10-16(17,18)19)14-8-7-12-5-3-4-6-13(12)11-14/h3-6,14-15,20H,2,7-11H2,1H3. The quantitative estimate of drug-likeness (QED) is 0.858. The van der Waals surface area contributed by atoms with E-state index in [1.165, 1.54) is 11.1 Å². The molecule has 1 aromatic carbocycles. The fraction of sp³-hybridized carbons (Fsp3) is 0.625. The lowest BCUT2D eigenvalue weighted by Crippen LogP contribution is -2.39. The molecule has 112 valence electrons. The molecule has 2 atom stereocenters. The number of rotatable bonds is 5. The summed E-state index contributed by atoms with van der Waals surface area (Å²) in [5, 5.41) is 3.26. The summed E-state index contributed by atoms with van der Waals surface area (Å²) in [4.78, 5) is 0. The van der Waals surface area contributed by atoms with E-state index in [9.17, 15) is 13.2 Å². The molecule has 1 nitrogen and oxygen atoms in total. The predicted molar refractivity (Wildman–Crippen MR) is 74.7 cm³/mol. The van der Waals surface area contributed by atoms with Crippen molar-refractivity contribution < 1.29 is 13.2 Å². The molecular weight excluding hydrogens is 263 g/mol. The summed E-state index contributed by atoms with van der Waals surface area (Å²) in [6.07, 6.45) is -1.71. The van der Waals surface area contributed by atoms with Crippen molar-refractivity contribution in [3.63, 3.8) is 0 Å². The summed E-state index contributed by atoms with van der Waals surface area (Å²) in [7, 11) is 0. The number of alkyl halides is 3. The monoisotopic (exact) mass is 285 g/mol. The Hall–Kier alpha value is -1.03. The van der Waals surface area contributed by atoms with Crippen LogP contribution in [0.15, 0.2) is 24.3 Å². The summed E-state index contributed by atoms with van der Waals surface area (Å²) in [5.41, 5.74) is 2.66. The van der Waals surface area contributed by atoms with Gasteiger partial charge in [-0.1, -0.05) is 31.2 Å². The SMILES string of the molecule is CCNC(CCC(F)(F)F)C1CCc2ccccc2C1. The van der Waals surface area contributed by atoms with E-state index in [-0.39, 0.29) is 12.5 Å². The largest absolute Gasteiger partial charge is 0.389 e. The van der Waals surface area contributed by atoms with Crippen LogP contribution in [0, 0.1) is 5.92 Å². The molecule has 1 aliphatic rings. The van der Waals surface area contributed by atoms with Crippen LogP contribution < -0.4 is 5.32 Å². The third-order valence-corrected chi connectivity index (χ3v) is 4.16. The van der Waals surface area contributed by atoms with E-state index in [1.807, 2.05) is 19.1 Å². The van der Waals surface area contributed by atoms with Crippen LogP contribution in [0.25, 0.3) is 0 Å². The van der Waals surface area contributed by atoms with Crippen molar-refractivity contribution in [1.82, 2.24) is 5.32 Å². The van der Waals surface area contributed by atoms with Crippen LogP contribution >= 0.6 is 0 Å². The Kier molecular flexibility index (Phi) is 5.08. The highest BCUT2D eigenvalue weighted by Crippen LogP contribution is 2.31.